The Bertz CT molecular complexity index is 1250. The third kappa shape index (κ3) is 5.36. The molecule has 2 aliphatic heterocycles. The topological polar surface area (TPSA) is 97.5 Å². The molecular formula is C26H33N7O2. The lowest BCUT2D eigenvalue weighted by Gasteiger charge is -2.36. The highest BCUT2D eigenvalue weighted by Crippen LogP contribution is 2.21. The fourth-order valence-corrected chi connectivity index (χ4v) is 4.96. The van der Waals surface area contributed by atoms with E-state index in [0.717, 1.165) is 80.1 Å². The molecule has 0 radical (unpaired) electrons. The predicted octanol–water partition coefficient (Wildman–Crippen LogP) is 2.09. The van der Waals surface area contributed by atoms with Gasteiger partial charge >= 0.3 is 0 Å². The number of likely N-dealkylation sites (tertiary alicyclic amines) is 1. The molecule has 1 unspecified atom stereocenters. The van der Waals surface area contributed by atoms with Crippen LogP contribution in [-0.4, -0.2) is 77.0 Å². The van der Waals surface area contributed by atoms with E-state index in [1.165, 1.54) is 0 Å². The van der Waals surface area contributed by atoms with E-state index in [-0.39, 0.29) is 17.4 Å². The lowest BCUT2D eigenvalue weighted by molar-refractivity contribution is -0.119. The first kappa shape index (κ1) is 23.4. The Morgan fingerprint density at radius 2 is 1.94 bits per heavy atom. The van der Waals surface area contributed by atoms with E-state index in [1.54, 1.807) is 0 Å². The fraction of sp³-hybridized carbons (Fsp3) is 0.462. The highest BCUT2D eigenvalue weighted by atomic mass is 16.2. The Hall–Kier alpha value is -3.30. The van der Waals surface area contributed by atoms with E-state index >= 15 is 0 Å². The van der Waals surface area contributed by atoms with Crippen LogP contribution in [0.25, 0.3) is 11.0 Å². The van der Waals surface area contributed by atoms with Gasteiger partial charge < -0.3 is 20.1 Å². The van der Waals surface area contributed by atoms with Gasteiger partial charge in [0.15, 0.2) is 0 Å². The van der Waals surface area contributed by atoms with Crippen molar-refractivity contribution in [1.82, 2.24) is 24.8 Å². The number of hydrogen-bond donors (Lipinski definition) is 2. The summed E-state index contributed by atoms with van der Waals surface area (Å²) in [7, 11) is 2.04. The first-order chi connectivity index (χ1) is 17.0. The first-order valence-corrected chi connectivity index (χ1v) is 12.4. The summed E-state index contributed by atoms with van der Waals surface area (Å²) >= 11 is 0. The second kappa shape index (κ2) is 10.1. The molecule has 0 spiro atoms. The number of H-pyrrole nitrogens is 1. The minimum atomic E-state index is -0.0297. The Balaban J connectivity index is 1.14. The van der Waals surface area contributed by atoms with Gasteiger partial charge in [-0.15, -0.1) is 0 Å². The highest BCUT2D eigenvalue weighted by molar-refractivity contribution is 5.92. The van der Waals surface area contributed by atoms with Crippen molar-refractivity contribution in [2.24, 2.45) is 5.92 Å². The van der Waals surface area contributed by atoms with Crippen LogP contribution < -0.4 is 15.8 Å². The summed E-state index contributed by atoms with van der Waals surface area (Å²) < 4.78 is 0. The molecule has 0 bridgehead atoms. The van der Waals surface area contributed by atoms with Crippen molar-refractivity contribution in [3.8, 4) is 0 Å². The number of nitrogens with zero attached hydrogens (tertiary/aromatic N) is 5. The normalized spacial score (nSPS) is 19.4. The number of amides is 1. The molecule has 2 N–H and O–H groups in total. The summed E-state index contributed by atoms with van der Waals surface area (Å²) in [6.45, 7) is 8.21. The van der Waals surface area contributed by atoms with E-state index in [1.807, 2.05) is 50.6 Å². The standard InChI is InChI=1S/C26H33N7O2/c1-3-19-13-22-23(29-25(19)34)12-18(14-27-22)16-32-8-10-33(11-9-32)21-4-5-24(28-15-21)30-26(35)20-6-7-31(2)17-20/h4-5,12-15,20H,3,6-11,16-17H2,1-2H3,(H,29,34)(H,28,30,35). The lowest BCUT2D eigenvalue weighted by atomic mass is 10.1. The zero-order valence-electron chi connectivity index (χ0n) is 20.5. The number of piperazine rings is 1. The number of aromatic amines is 1. The van der Waals surface area contributed by atoms with E-state index < -0.39 is 0 Å². The van der Waals surface area contributed by atoms with Crippen LogP contribution in [-0.2, 0) is 17.8 Å². The van der Waals surface area contributed by atoms with Crippen molar-refractivity contribution in [3.05, 3.63) is 58.1 Å². The molecule has 0 aliphatic carbocycles. The maximum atomic E-state index is 12.4. The molecule has 5 heterocycles. The average Bonchev–Trinajstić information content (AvgIpc) is 3.31. The monoisotopic (exact) mass is 475 g/mol. The van der Waals surface area contributed by atoms with E-state index in [9.17, 15) is 9.59 Å². The largest absolute Gasteiger partial charge is 0.368 e. The van der Waals surface area contributed by atoms with Crippen LogP contribution in [0.1, 0.15) is 24.5 Å². The van der Waals surface area contributed by atoms with Gasteiger partial charge in [0.25, 0.3) is 5.56 Å². The van der Waals surface area contributed by atoms with Gasteiger partial charge in [-0.05, 0) is 56.3 Å². The number of aryl methyl sites for hydroxylation is 1. The van der Waals surface area contributed by atoms with Gasteiger partial charge in [-0.2, -0.15) is 0 Å². The number of fused-ring (bicyclic) bond motifs is 1. The number of nitrogens with one attached hydrogen (secondary N) is 2. The Labute approximate surface area is 205 Å². The number of pyridine rings is 3. The summed E-state index contributed by atoms with van der Waals surface area (Å²) in [5.74, 6) is 0.711. The quantitative estimate of drug-likeness (QED) is 0.563. The zero-order chi connectivity index (χ0) is 24.4. The van der Waals surface area contributed by atoms with Crippen LogP contribution in [0.4, 0.5) is 11.5 Å². The molecule has 0 saturated carbocycles. The minimum Gasteiger partial charge on any atom is -0.368 e. The number of carbonyl (C=O) groups excluding carboxylic acids is 1. The van der Waals surface area contributed by atoms with Crippen molar-refractivity contribution in [1.29, 1.82) is 0 Å². The molecule has 9 nitrogen and oxygen atoms in total. The molecule has 2 aliphatic rings. The fourth-order valence-electron chi connectivity index (χ4n) is 4.96. The average molecular weight is 476 g/mol. The predicted molar refractivity (Wildman–Crippen MR) is 138 cm³/mol. The third-order valence-electron chi connectivity index (χ3n) is 7.11. The van der Waals surface area contributed by atoms with Gasteiger partial charge in [0.05, 0.1) is 28.8 Å². The Morgan fingerprint density at radius 1 is 1.11 bits per heavy atom. The lowest BCUT2D eigenvalue weighted by Crippen LogP contribution is -2.46. The van der Waals surface area contributed by atoms with Crippen molar-refractivity contribution >= 4 is 28.4 Å². The van der Waals surface area contributed by atoms with Crippen LogP contribution in [0.15, 0.2) is 41.5 Å². The summed E-state index contributed by atoms with van der Waals surface area (Å²) in [5.41, 5.74) is 4.53. The van der Waals surface area contributed by atoms with Crippen molar-refractivity contribution in [2.45, 2.75) is 26.3 Å². The zero-order valence-corrected chi connectivity index (χ0v) is 20.5. The van der Waals surface area contributed by atoms with E-state index in [2.05, 4.69) is 35.0 Å². The second-order valence-electron chi connectivity index (χ2n) is 9.66. The maximum absolute atomic E-state index is 12.4. The van der Waals surface area contributed by atoms with Crippen LogP contribution in [0.5, 0.6) is 0 Å². The summed E-state index contributed by atoms with van der Waals surface area (Å²) in [6, 6.07) is 7.85. The van der Waals surface area contributed by atoms with Crippen LogP contribution in [0.2, 0.25) is 0 Å². The SMILES string of the molecule is CCc1cc2ncc(CN3CCN(c4ccc(NC(=O)C5CCN(C)C5)nc4)CC3)cc2[nH]c1=O. The second-order valence-corrected chi connectivity index (χ2v) is 9.66. The Kier molecular flexibility index (Phi) is 6.79. The maximum Gasteiger partial charge on any atom is 0.251 e. The third-order valence-corrected chi connectivity index (χ3v) is 7.11. The molecule has 9 heteroatoms. The number of carbonyl (C=O) groups is 1. The molecule has 0 aromatic carbocycles. The first-order valence-electron chi connectivity index (χ1n) is 12.4. The molecule has 184 valence electrons. The highest BCUT2D eigenvalue weighted by Gasteiger charge is 2.26. The smallest absolute Gasteiger partial charge is 0.251 e. The summed E-state index contributed by atoms with van der Waals surface area (Å²) in [6.07, 6.45) is 5.36. The number of aromatic nitrogens is 3. The number of rotatable bonds is 6. The number of anilines is 2. The van der Waals surface area contributed by atoms with Gasteiger partial charge in [0, 0.05) is 51.0 Å². The molecule has 1 amide bonds. The van der Waals surface area contributed by atoms with Crippen molar-refractivity contribution in [2.75, 3.05) is 56.5 Å². The van der Waals surface area contributed by atoms with Gasteiger partial charge in [-0.25, -0.2) is 4.98 Å². The molecule has 5 rings (SSSR count). The van der Waals surface area contributed by atoms with Crippen LogP contribution in [0, 0.1) is 5.92 Å². The minimum absolute atomic E-state index is 0.0297. The van der Waals surface area contributed by atoms with Crippen molar-refractivity contribution < 1.29 is 4.79 Å². The van der Waals surface area contributed by atoms with Gasteiger partial charge in [-0.3, -0.25) is 19.5 Å². The summed E-state index contributed by atoms with van der Waals surface area (Å²) in [5, 5.41) is 2.96. The van der Waals surface area contributed by atoms with Crippen LogP contribution >= 0.6 is 0 Å². The molecule has 2 fully saturated rings. The molecule has 35 heavy (non-hydrogen) atoms. The molecule has 1 atom stereocenters. The number of hydrogen-bond acceptors (Lipinski definition) is 7. The molecule has 2 saturated heterocycles. The Morgan fingerprint density at radius 3 is 2.63 bits per heavy atom. The van der Waals surface area contributed by atoms with Gasteiger partial charge in [-0.1, -0.05) is 6.92 Å². The molecular weight excluding hydrogens is 442 g/mol. The molecule has 3 aromatic heterocycles. The van der Waals surface area contributed by atoms with Crippen molar-refractivity contribution in [3.63, 3.8) is 0 Å². The van der Waals surface area contributed by atoms with E-state index in [4.69, 9.17) is 0 Å². The van der Waals surface area contributed by atoms with Gasteiger partial charge in [0.1, 0.15) is 5.82 Å². The van der Waals surface area contributed by atoms with E-state index in [0.29, 0.717) is 12.2 Å². The molecule has 3 aromatic rings. The van der Waals surface area contributed by atoms with Crippen LogP contribution in [0.3, 0.4) is 0 Å². The summed E-state index contributed by atoms with van der Waals surface area (Å²) in [4.78, 5) is 43.5. The van der Waals surface area contributed by atoms with Gasteiger partial charge in [0.2, 0.25) is 5.91 Å².